The molecule has 0 radical (unpaired) electrons. The molecule has 0 bridgehead atoms. The number of benzene rings is 2. The van der Waals surface area contributed by atoms with Crippen LogP contribution in [0.1, 0.15) is 72.3 Å². The minimum atomic E-state index is 0.660. The summed E-state index contributed by atoms with van der Waals surface area (Å²) >= 11 is 0. The van der Waals surface area contributed by atoms with Crippen LogP contribution in [0.4, 0.5) is 0 Å². The molecule has 0 N–H and O–H groups in total. The number of hydrogen-bond acceptors (Lipinski definition) is 0. The van der Waals surface area contributed by atoms with Crippen molar-refractivity contribution < 1.29 is 0 Å². The molecule has 1 saturated carbocycles. The first-order valence-electron chi connectivity index (χ1n) is 10.6. The van der Waals surface area contributed by atoms with Crippen molar-refractivity contribution >= 4 is 17.2 Å². The largest absolute Gasteiger partial charge is 0.0761 e. The average Bonchev–Trinajstić information content (AvgIpc) is 3.36. The first-order chi connectivity index (χ1) is 13.3. The second-order valence-electron chi connectivity index (χ2n) is 8.47. The maximum absolute atomic E-state index is 2.48. The lowest BCUT2D eigenvalue weighted by Gasteiger charge is -2.27. The zero-order valence-electron chi connectivity index (χ0n) is 16.2. The van der Waals surface area contributed by atoms with Gasteiger partial charge in [0, 0.05) is 5.92 Å². The maximum atomic E-state index is 2.48. The van der Waals surface area contributed by atoms with Gasteiger partial charge in [0.25, 0.3) is 0 Å². The predicted octanol–water partition coefficient (Wildman–Crippen LogP) is 7.56. The molecule has 0 saturated heterocycles. The monoisotopic (exact) mass is 352 g/mol. The Balaban J connectivity index is 1.40. The van der Waals surface area contributed by atoms with Crippen LogP contribution in [0.25, 0.3) is 17.2 Å². The Morgan fingerprint density at radius 3 is 2.63 bits per heavy atom. The highest BCUT2D eigenvalue weighted by atomic mass is 14.3. The number of aryl methyl sites for hydroxylation is 1. The van der Waals surface area contributed by atoms with Crippen LogP contribution in [0.5, 0.6) is 0 Å². The van der Waals surface area contributed by atoms with Crippen molar-refractivity contribution in [1.82, 2.24) is 0 Å². The van der Waals surface area contributed by atoms with Crippen LogP contribution in [-0.4, -0.2) is 0 Å². The molecule has 1 fully saturated rings. The summed E-state index contributed by atoms with van der Waals surface area (Å²) in [6.45, 7) is 2.20. The zero-order valence-corrected chi connectivity index (χ0v) is 16.2. The Hall–Kier alpha value is -2.34. The molecule has 0 heterocycles. The Morgan fingerprint density at radius 2 is 1.78 bits per heavy atom. The summed E-state index contributed by atoms with van der Waals surface area (Å²) in [5.41, 5.74) is 9.95. The lowest BCUT2D eigenvalue weighted by Crippen LogP contribution is -2.13. The Kier molecular flexibility index (Phi) is 4.36. The van der Waals surface area contributed by atoms with Crippen molar-refractivity contribution in [2.45, 2.75) is 51.4 Å². The van der Waals surface area contributed by atoms with E-state index in [0.29, 0.717) is 5.92 Å². The average molecular weight is 353 g/mol. The van der Waals surface area contributed by atoms with Crippen LogP contribution in [0, 0.1) is 12.8 Å². The van der Waals surface area contributed by atoms with E-state index in [1.165, 1.54) is 65.5 Å². The van der Waals surface area contributed by atoms with Gasteiger partial charge in [0.05, 0.1) is 0 Å². The minimum absolute atomic E-state index is 0.660. The van der Waals surface area contributed by atoms with E-state index >= 15 is 0 Å². The molecule has 0 aromatic heterocycles. The van der Waals surface area contributed by atoms with E-state index in [-0.39, 0.29) is 0 Å². The first-order valence-corrected chi connectivity index (χ1v) is 10.6. The van der Waals surface area contributed by atoms with E-state index in [1.54, 1.807) is 5.56 Å². The highest BCUT2D eigenvalue weighted by Gasteiger charge is 2.27. The molecule has 5 rings (SSSR count). The van der Waals surface area contributed by atoms with Gasteiger partial charge in [-0.1, -0.05) is 80.0 Å². The van der Waals surface area contributed by atoms with Gasteiger partial charge in [-0.2, -0.15) is 0 Å². The normalized spacial score (nSPS) is 21.9. The van der Waals surface area contributed by atoms with Gasteiger partial charge in [-0.3, -0.25) is 0 Å². The fraction of sp³-hybridized carbons (Fsp3) is 0.333. The summed E-state index contributed by atoms with van der Waals surface area (Å²) in [7, 11) is 0. The van der Waals surface area contributed by atoms with Crippen molar-refractivity contribution in [2.24, 2.45) is 5.92 Å². The van der Waals surface area contributed by atoms with Gasteiger partial charge in [0.15, 0.2) is 0 Å². The molecule has 1 atom stereocenters. The molecule has 0 spiro atoms. The summed E-state index contributed by atoms with van der Waals surface area (Å²) in [5.74, 6) is 1.52. The van der Waals surface area contributed by atoms with E-state index in [4.69, 9.17) is 0 Å². The van der Waals surface area contributed by atoms with Crippen LogP contribution in [0.2, 0.25) is 0 Å². The second kappa shape index (κ2) is 7.00. The Bertz CT molecular complexity index is 948. The van der Waals surface area contributed by atoms with Gasteiger partial charge < -0.3 is 0 Å². The fourth-order valence-corrected chi connectivity index (χ4v) is 5.25. The molecule has 2 aromatic rings. The smallest absolute Gasteiger partial charge is 0.00555 e. The second-order valence-corrected chi connectivity index (χ2v) is 8.47. The third kappa shape index (κ3) is 3.12. The number of fused-ring (bicyclic) bond motifs is 1. The molecule has 2 aromatic carbocycles. The zero-order chi connectivity index (χ0) is 18.2. The summed E-state index contributed by atoms with van der Waals surface area (Å²) in [6, 6.07) is 15.9. The van der Waals surface area contributed by atoms with Crippen molar-refractivity contribution in [3.05, 3.63) is 88.5 Å². The molecule has 27 heavy (non-hydrogen) atoms. The van der Waals surface area contributed by atoms with Gasteiger partial charge in [-0.15, -0.1) is 0 Å². The van der Waals surface area contributed by atoms with Crippen LogP contribution in [-0.2, 0) is 0 Å². The summed E-state index contributed by atoms with van der Waals surface area (Å²) in [6.07, 6.45) is 17.8. The highest BCUT2D eigenvalue weighted by Crippen LogP contribution is 2.43. The molecule has 3 aliphatic rings. The van der Waals surface area contributed by atoms with Crippen LogP contribution < -0.4 is 0 Å². The van der Waals surface area contributed by atoms with Crippen LogP contribution in [0.3, 0.4) is 0 Å². The maximum Gasteiger partial charge on any atom is 0.00555 e. The van der Waals surface area contributed by atoms with Crippen molar-refractivity contribution in [3.63, 3.8) is 0 Å². The summed E-state index contributed by atoms with van der Waals surface area (Å²) < 4.78 is 0. The van der Waals surface area contributed by atoms with Gasteiger partial charge >= 0.3 is 0 Å². The molecular formula is C27H28. The Labute approximate surface area is 163 Å². The molecule has 0 heteroatoms. The number of allylic oxidation sites excluding steroid dienone is 5. The molecule has 0 aliphatic heterocycles. The predicted molar refractivity (Wildman–Crippen MR) is 117 cm³/mol. The van der Waals surface area contributed by atoms with Gasteiger partial charge in [-0.25, -0.2) is 0 Å². The van der Waals surface area contributed by atoms with E-state index in [9.17, 15) is 0 Å². The lowest BCUT2D eigenvalue weighted by molar-refractivity contribution is 0.334. The molecule has 136 valence electrons. The van der Waals surface area contributed by atoms with Crippen molar-refractivity contribution in [1.29, 1.82) is 0 Å². The molecule has 3 aliphatic carbocycles. The van der Waals surface area contributed by atoms with E-state index < -0.39 is 0 Å². The Morgan fingerprint density at radius 1 is 0.926 bits per heavy atom. The third-order valence-corrected chi connectivity index (χ3v) is 6.79. The number of hydrogen-bond donors (Lipinski definition) is 0. The van der Waals surface area contributed by atoms with E-state index in [1.807, 2.05) is 0 Å². The summed E-state index contributed by atoms with van der Waals surface area (Å²) in [4.78, 5) is 0. The SMILES string of the molecule is Cc1ccccc1C1=CCC(c2ccc3c(c2)C=CC3C2CCCCC2)=C1. The topological polar surface area (TPSA) is 0 Å². The number of rotatable bonds is 3. The molecule has 0 amide bonds. The summed E-state index contributed by atoms with van der Waals surface area (Å²) in [5, 5.41) is 0. The van der Waals surface area contributed by atoms with Crippen LogP contribution >= 0.6 is 0 Å². The van der Waals surface area contributed by atoms with Crippen molar-refractivity contribution in [2.75, 3.05) is 0 Å². The lowest BCUT2D eigenvalue weighted by atomic mass is 9.77. The van der Waals surface area contributed by atoms with Crippen molar-refractivity contribution in [3.8, 4) is 0 Å². The molecule has 1 unspecified atom stereocenters. The van der Waals surface area contributed by atoms with E-state index in [0.717, 1.165) is 12.3 Å². The third-order valence-electron chi connectivity index (χ3n) is 6.79. The van der Waals surface area contributed by atoms with E-state index in [2.05, 4.69) is 73.7 Å². The molecule has 0 nitrogen and oxygen atoms in total. The van der Waals surface area contributed by atoms with Gasteiger partial charge in [0.1, 0.15) is 0 Å². The first kappa shape index (κ1) is 16.8. The highest BCUT2D eigenvalue weighted by molar-refractivity contribution is 5.90. The van der Waals surface area contributed by atoms with Gasteiger partial charge in [0.2, 0.25) is 0 Å². The quantitative estimate of drug-likeness (QED) is 0.535. The van der Waals surface area contributed by atoms with Crippen LogP contribution in [0.15, 0.2) is 60.7 Å². The van der Waals surface area contributed by atoms with Gasteiger partial charge in [-0.05, 0) is 77.1 Å². The fourth-order valence-electron chi connectivity index (χ4n) is 5.25. The minimum Gasteiger partial charge on any atom is -0.0761 e. The molecular weight excluding hydrogens is 324 g/mol. The standard InChI is InChI=1S/C27H28/c1-19-7-5-6-10-25(19)23-12-11-21(17-23)22-13-15-27-24(18-22)14-16-26(27)20-8-3-2-4-9-20/h5-7,10,12-18,20,26H,2-4,8-9,11H2,1H3.